The van der Waals surface area contributed by atoms with E-state index in [4.69, 9.17) is 16.3 Å². The third kappa shape index (κ3) is 6.04. The smallest absolute Gasteiger partial charge is 0.266 e. The van der Waals surface area contributed by atoms with E-state index in [9.17, 15) is 9.18 Å². The number of aromatic nitrogens is 1. The standard InChI is InChI=1S/C21H23ClFN3O2S.ClH/c1-14-5-10-17(22)20-19(14)24-21(29-20)26(12-4-11-25(2)3)18(27)13-28-16-8-6-15(23)7-9-16;/h5-10H,4,11-13H2,1-3H3;1H. The van der Waals surface area contributed by atoms with Gasteiger partial charge in [-0.25, -0.2) is 9.37 Å². The molecule has 2 aromatic carbocycles. The largest absolute Gasteiger partial charge is 0.484 e. The lowest BCUT2D eigenvalue weighted by Gasteiger charge is -2.21. The highest BCUT2D eigenvalue weighted by molar-refractivity contribution is 7.23. The van der Waals surface area contributed by atoms with Crippen LogP contribution >= 0.6 is 35.3 Å². The zero-order chi connectivity index (χ0) is 21.0. The number of thiazole rings is 1. The molecule has 30 heavy (non-hydrogen) atoms. The summed E-state index contributed by atoms with van der Waals surface area (Å²) in [5, 5.41) is 1.22. The van der Waals surface area contributed by atoms with E-state index in [0.29, 0.717) is 22.4 Å². The number of anilines is 1. The summed E-state index contributed by atoms with van der Waals surface area (Å²) >= 11 is 7.73. The number of hydrogen-bond acceptors (Lipinski definition) is 5. The van der Waals surface area contributed by atoms with E-state index in [2.05, 4.69) is 9.88 Å². The first-order valence-corrected chi connectivity index (χ1v) is 10.4. The number of rotatable bonds is 8. The molecule has 5 nitrogen and oxygen atoms in total. The predicted molar refractivity (Wildman–Crippen MR) is 124 cm³/mol. The Balaban J connectivity index is 0.00000320. The fourth-order valence-electron chi connectivity index (χ4n) is 2.83. The van der Waals surface area contributed by atoms with Crippen LogP contribution in [0.5, 0.6) is 5.75 Å². The van der Waals surface area contributed by atoms with Crippen molar-refractivity contribution in [2.75, 3.05) is 38.7 Å². The van der Waals surface area contributed by atoms with Crippen LogP contribution < -0.4 is 9.64 Å². The summed E-state index contributed by atoms with van der Waals surface area (Å²) in [4.78, 5) is 21.3. The fourth-order valence-corrected chi connectivity index (χ4v) is 4.19. The second-order valence-electron chi connectivity index (χ2n) is 6.98. The Morgan fingerprint density at radius 2 is 1.87 bits per heavy atom. The Labute approximate surface area is 190 Å². The van der Waals surface area contributed by atoms with Crippen molar-refractivity contribution < 1.29 is 13.9 Å². The first-order chi connectivity index (χ1) is 13.8. The summed E-state index contributed by atoms with van der Waals surface area (Å²) in [5.41, 5.74) is 1.82. The number of nitrogens with zero attached hydrogens (tertiary/aromatic N) is 3. The van der Waals surface area contributed by atoms with Crippen LogP contribution in [-0.4, -0.2) is 49.6 Å². The normalized spacial score (nSPS) is 10.9. The highest BCUT2D eigenvalue weighted by Gasteiger charge is 2.21. The number of carbonyl (C=O) groups excluding carboxylic acids is 1. The van der Waals surface area contributed by atoms with E-state index in [1.165, 1.54) is 35.6 Å². The van der Waals surface area contributed by atoms with Gasteiger partial charge in [0.05, 0.1) is 15.2 Å². The number of halogens is 3. The number of hydrogen-bond donors (Lipinski definition) is 0. The van der Waals surface area contributed by atoms with Crippen LogP contribution in [0.1, 0.15) is 12.0 Å². The maximum absolute atomic E-state index is 13.1. The topological polar surface area (TPSA) is 45.7 Å². The van der Waals surface area contributed by atoms with Crippen LogP contribution in [0.4, 0.5) is 9.52 Å². The van der Waals surface area contributed by atoms with Gasteiger partial charge in [-0.3, -0.25) is 9.69 Å². The summed E-state index contributed by atoms with van der Waals surface area (Å²) in [6.45, 7) is 3.17. The summed E-state index contributed by atoms with van der Waals surface area (Å²) < 4.78 is 19.5. The molecular formula is C21H24Cl2FN3O2S. The van der Waals surface area contributed by atoms with Crippen molar-refractivity contribution in [1.82, 2.24) is 9.88 Å². The summed E-state index contributed by atoms with van der Waals surface area (Å²) in [6.07, 6.45) is 0.790. The average Bonchev–Trinajstić information content (AvgIpc) is 3.14. The van der Waals surface area contributed by atoms with Gasteiger partial charge in [-0.1, -0.05) is 29.0 Å². The average molecular weight is 472 g/mol. The Hall–Kier alpha value is -1.93. The van der Waals surface area contributed by atoms with Gasteiger partial charge in [0.2, 0.25) is 0 Å². The van der Waals surface area contributed by atoms with Crippen LogP contribution in [0.25, 0.3) is 10.2 Å². The molecular weight excluding hydrogens is 448 g/mol. The van der Waals surface area contributed by atoms with E-state index in [-0.39, 0.29) is 30.7 Å². The highest BCUT2D eigenvalue weighted by Crippen LogP contribution is 2.35. The van der Waals surface area contributed by atoms with Gasteiger partial charge in [0.25, 0.3) is 5.91 Å². The molecule has 0 aliphatic heterocycles. The zero-order valence-electron chi connectivity index (χ0n) is 17.0. The molecule has 3 aromatic rings. The van der Waals surface area contributed by atoms with Crippen molar-refractivity contribution in [3.05, 3.63) is 52.8 Å². The van der Waals surface area contributed by atoms with Crippen LogP contribution in [-0.2, 0) is 4.79 Å². The van der Waals surface area contributed by atoms with Gasteiger partial charge in [-0.2, -0.15) is 0 Å². The van der Waals surface area contributed by atoms with Crippen molar-refractivity contribution in [2.45, 2.75) is 13.3 Å². The Morgan fingerprint density at radius 3 is 2.50 bits per heavy atom. The molecule has 1 amide bonds. The number of benzene rings is 2. The van der Waals surface area contributed by atoms with E-state index >= 15 is 0 Å². The molecule has 1 heterocycles. The van der Waals surface area contributed by atoms with Crippen molar-refractivity contribution in [1.29, 1.82) is 0 Å². The van der Waals surface area contributed by atoms with Crippen molar-refractivity contribution in [2.24, 2.45) is 0 Å². The molecule has 0 bridgehead atoms. The van der Waals surface area contributed by atoms with Gasteiger partial charge < -0.3 is 9.64 Å². The van der Waals surface area contributed by atoms with E-state index in [1.54, 1.807) is 4.90 Å². The molecule has 0 unspecified atom stereocenters. The molecule has 9 heteroatoms. The summed E-state index contributed by atoms with van der Waals surface area (Å²) in [7, 11) is 3.98. The molecule has 0 aliphatic rings. The maximum Gasteiger partial charge on any atom is 0.266 e. The molecule has 0 radical (unpaired) electrons. The van der Waals surface area contributed by atoms with Crippen molar-refractivity contribution in [3.8, 4) is 5.75 Å². The fraction of sp³-hybridized carbons (Fsp3) is 0.333. The molecule has 0 saturated carbocycles. The molecule has 0 N–H and O–H groups in total. The number of carbonyl (C=O) groups is 1. The maximum atomic E-state index is 13.1. The molecule has 0 saturated heterocycles. The predicted octanol–water partition coefficient (Wildman–Crippen LogP) is 5.18. The molecule has 0 atom stereocenters. The minimum atomic E-state index is -0.351. The van der Waals surface area contributed by atoms with Gasteiger partial charge in [-0.05, 0) is 69.9 Å². The van der Waals surface area contributed by atoms with Crippen molar-refractivity contribution >= 4 is 56.6 Å². The van der Waals surface area contributed by atoms with Crippen LogP contribution in [0.3, 0.4) is 0 Å². The van der Waals surface area contributed by atoms with E-state index in [0.717, 1.165) is 28.7 Å². The third-order valence-corrected chi connectivity index (χ3v) is 5.92. The second-order valence-corrected chi connectivity index (χ2v) is 8.37. The number of amides is 1. The monoisotopic (exact) mass is 471 g/mol. The lowest BCUT2D eigenvalue weighted by Crippen LogP contribution is -2.36. The minimum Gasteiger partial charge on any atom is -0.484 e. The van der Waals surface area contributed by atoms with Gasteiger partial charge in [0.15, 0.2) is 11.7 Å². The van der Waals surface area contributed by atoms with Gasteiger partial charge in [0.1, 0.15) is 11.6 Å². The number of aryl methyl sites for hydroxylation is 1. The number of ether oxygens (including phenoxy) is 1. The lowest BCUT2D eigenvalue weighted by molar-refractivity contribution is -0.120. The molecule has 1 aromatic heterocycles. The minimum absolute atomic E-state index is 0. The number of fused-ring (bicyclic) bond motifs is 1. The van der Waals surface area contributed by atoms with Gasteiger partial charge in [-0.15, -0.1) is 12.4 Å². The molecule has 0 fully saturated rings. The second kappa shape index (κ2) is 10.9. The van der Waals surface area contributed by atoms with Gasteiger partial charge >= 0.3 is 0 Å². The summed E-state index contributed by atoms with van der Waals surface area (Å²) in [5.74, 6) is -0.118. The van der Waals surface area contributed by atoms with Crippen LogP contribution in [0, 0.1) is 12.7 Å². The van der Waals surface area contributed by atoms with Crippen LogP contribution in [0.2, 0.25) is 5.02 Å². The zero-order valence-corrected chi connectivity index (χ0v) is 19.4. The SMILES string of the molecule is Cc1ccc(Cl)c2sc(N(CCCN(C)C)C(=O)COc3ccc(F)cc3)nc12.Cl. The van der Waals surface area contributed by atoms with E-state index in [1.807, 2.05) is 33.2 Å². The first-order valence-electron chi connectivity index (χ1n) is 9.24. The first kappa shape index (κ1) is 24.3. The van der Waals surface area contributed by atoms with E-state index < -0.39 is 0 Å². The molecule has 162 valence electrons. The summed E-state index contributed by atoms with van der Waals surface area (Å²) in [6, 6.07) is 9.36. The Bertz CT molecular complexity index is 957. The third-order valence-electron chi connectivity index (χ3n) is 4.38. The Kier molecular flexibility index (Phi) is 8.85. The van der Waals surface area contributed by atoms with Crippen molar-refractivity contribution in [3.63, 3.8) is 0 Å². The highest BCUT2D eigenvalue weighted by atomic mass is 35.5. The van der Waals surface area contributed by atoms with Gasteiger partial charge in [0, 0.05) is 6.54 Å². The Morgan fingerprint density at radius 1 is 1.17 bits per heavy atom. The molecule has 0 spiro atoms. The quantitative estimate of drug-likeness (QED) is 0.453. The lowest BCUT2D eigenvalue weighted by atomic mass is 10.2. The molecule has 3 rings (SSSR count). The molecule has 0 aliphatic carbocycles. The van der Waals surface area contributed by atoms with Crippen LogP contribution in [0.15, 0.2) is 36.4 Å².